The van der Waals surface area contributed by atoms with Crippen LogP contribution in [-0.2, 0) is 6.54 Å². The number of carbonyl (C=O) groups excluding carboxylic acids is 1. The Kier molecular flexibility index (Phi) is 2.95. The summed E-state index contributed by atoms with van der Waals surface area (Å²) in [5.74, 6) is 0.660. The molecule has 17 heavy (non-hydrogen) atoms. The maximum absolute atomic E-state index is 12.0. The molecule has 0 fully saturated rings. The third-order valence-electron chi connectivity index (χ3n) is 2.67. The third-order valence-corrected chi connectivity index (χ3v) is 2.67. The molecule has 6 heteroatoms. The van der Waals surface area contributed by atoms with Crippen LogP contribution in [0.1, 0.15) is 27.4 Å². The molecule has 0 bridgehead atoms. The van der Waals surface area contributed by atoms with Crippen LogP contribution in [0.2, 0.25) is 0 Å². The lowest BCUT2D eigenvalue weighted by molar-refractivity contribution is 0.0784. The Balaban J connectivity index is 2.12. The second-order valence-corrected chi connectivity index (χ2v) is 3.95. The van der Waals surface area contributed by atoms with Gasteiger partial charge in [-0.3, -0.25) is 9.89 Å². The molecule has 2 rings (SSSR count). The van der Waals surface area contributed by atoms with Crippen LogP contribution < -0.4 is 0 Å². The number of aromatic nitrogens is 3. The monoisotopic (exact) mass is 234 g/mol. The summed E-state index contributed by atoms with van der Waals surface area (Å²) < 4.78 is 5.06. The first-order valence-corrected chi connectivity index (χ1v) is 5.25. The molecule has 0 radical (unpaired) electrons. The van der Waals surface area contributed by atoms with E-state index in [2.05, 4.69) is 15.4 Å². The number of aromatic amines is 1. The largest absolute Gasteiger partial charge is 0.361 e. The number of rotatable bonds is 3. The minimum atomic E-state index is -0.0845. The van der Waals surface area contributed by atoms with Gasteiger partial charge in [-0.25, -0.2) is 0 Å². The summed E-state index contributed by atoms with van der Waals surface area (Å²) >= 11 is 0. The fourth-order valence-corrected chi connectivity index (χ4v) is 1.62. The second kappa shape index (κ2) is 4.40. The van der Waals surface area contributed by atoms with E-state index >= 15 is 0 Å². The molecule has 0 aliphatic heterocycles. The van der Waals surface area contributed by atoms with E-state index < -0.39 is 0 Å². The van der Waals surface area contributed by atoms with Crippen LogP contribution in [0, 0.1) is 13.8 Å². The fraction of sp³-hybridized carbons (Fsp3) is 0.364. The van der Waals surface area contributed by atoms with Crippen LogP contribution in [-0.4, -0.2) is 33.2 Å². The minimum absolute atomic E-state index is 0.0845. The summed E-state index contributed by atoms with van der Waals surface area (Å²) in [5.41, 5.74) is 2.30. The highest BCUT2D eigenvalue weighted by Gasteiger charge is 2.17. The first kappa shape index (κ1) is 11.4. The molecule has 0 saturated heterocycles. The SMILES string of the molecule is Cc1noc(C)c1CN(C)C(=O)c1cn[nH]c1. The Morgan fingerprint density at radius 1 is 1.53 bits per heavy atom. The van der Waals surface area contributed by atoms with E-state index in [9.17, 15) is 4.79 Å². The van der Waals surface area contributed by atoms with Crippen molar-refractivity contribution in [1.29, 1.82) is 0 Å². The molecule has 0 aliphatic carbocycles. The van der Waals surface area contributed by atoms with Crippen LogP contribution in [0.3, 0.4) is 0 Å². The molecule has 0 atom stereocenters. The van der Waals surface area contributed by atoms with E-state index in [0.717, 1.165) is 17.0 Å². The average molecular weight is 234 g/mol. The highest BCUT2D eigenvalue weighted by molar-refractivity contribution is 5.93. The lowest BCUT2D eigenvalue weighted by Gasteiger charge is -2.15. The van der Waals surface area contributed by atoms with Crippen molar-refractivity contribution >= 4 is 5.91 Å². The van der Waals surface area contributed by atoms with Crippen LogP contribution in [0.15, 0.2) is 16.9 Å². The second-order valence-electron chi connectivity index (χ2n) is 3.95. The van der Waals surface area contributed by atoms with Gasteiger partial charge in [-0.15, -0.1) is 0 Å². The van der Waals surface area contributed by atoms with E-state index in [1.165, 1.54) is 6.20 Å². The number of hydrogen-bond donors (Lipinski definition) is 1. The van der Waals surface area contributed by atoms with Crippen molar-refractivity contribution in [2.75, 3.05) is 7.05 Å². The maximum atomic E-state index is 12.0. The lowest BCUT2D eigenvalue weighted by Crippen LogP contribution is -2.26. The summed E-state index contributed by atoms with van der Waals surface area (Å²) in [7, 11) is 1.74. The third kappa shape index (κ3) is 2.20. The van der Waals surface area contributed by atoms with Gasteiger partial charge in [-0.05, 0) is 13.8 Å². The fourth-order valence-electron chi connectivity index (χ4n) is 1.62. The molecule has 0 aromatic carbocycles. The predicted molar refractivity (Wildman–Crippen MR) is 60.4 cm³/mol. The van der Waals surface area contributed by atoms with Crippen molar-refractivity contribution in [3.8, 4) is 0 Å². The topological polar surface area (TPSA) is 75.0 Å². The Morgan fingerprint density at radius 3 is 2.82 bits per heavy atom. The molecule has 6 nitrogen and oxygen atoms in total. The van der Waals surface area contributed by atoms with Gasteiger partial charge in [0, 0.05) is 18.8 Å². The van der Waals surface area contributed by atoms with Crippen LogP contribution >= 0.6 is 0 Å². The van der Waals surface area contributed by atoms with Gasteiger partial charge in [0.25, 0.3) is 5.91 Å². The smallest absolute Gasteiger partial charge is 0.257 e. The molecule has 90 valence electrons. The summed E-state index contributed by atoms with van der Waals surface area (Å²) in [4.78, 5) is 13.6. The predicted octanol–water partition coefficient (Wildman–Crippen LogP) is 1.29. The van der Waals surface area contributed by atoms with Crippen LogP contribution in [0.5, 0.6) is 0 Å². The van der Waals surface area contributed by atoms with Gasteiger partial charge in [-0.1, -0.05) is 5.16 Å². The molecule has 2 aromatic rings. The van der Waals surface area contributed by atoms with Gasteiger partial charge < -0.3 is 9.42 Å². The molecule has 1 N–H and O–H groups in total. The van der Waals surface area contributed by atoms with Gasteiger partial charge in [0.15, 0.2) is 0 Å². The van der Waals surface area contributed by atoms with Gasteiger partial charge in [0.2, 0.25) is 0 Å². The van der Waals surface area contributed by atoms with Crippen molar-refractivity contribution < 1.29 is 9.32 Å². The summed E-state index contributed by atoms with van der Waals surface area (Å²) in [6.45, 7) is 4.18. The van der Waals surface area contributed by atoms with E-state index in [0.29, 0.717) is 12.1 Å². The molecular weight excluding hydrogens is 220 g/mol. The van der Waals surface area contributed by atoms with Crippen LogP contribution in [0.25, 0.3) is 0 Å². The zero-order valence-electron chi connectivity index (χ0n) is 10.0. The van der Waals surface area contributed by atoms with Crippen LogP contribution in [0.4, 0.5) is 0 Å². The lowest BCUT2D eigenvalue weighted by atomic mass is 10.2. The molecule has 2 aromatic heterocycles. The van der Waals surface area contributed by atoms with E-state index in [-0.39, 0.29) is 5.91 Å². The molecule has 0 saturated carbocycles. The quantitative estimate of drug-likeness (QED) is 0.868. The summed E-state index contributed by atoms with van der Waals surface area (Å²) in [6, 6.07) is 0. The number of aryl methyl sites for hydroxylation is 2. The number of nitrogens with one attached hydrogen (secondary N) is 1. The number of H-pyrrole nitrogens is 1. The highest BCUT2D eigenvalue weighted by Crippen LogP contribution is 2.15. The molecule has 2 heterocycles. The molecule has 0 aliphatic rings. The normalized spacial score (nSPS) is 10.5. The Labute approximate surface area is 98.6 Å². The maximum Gasteiger partial charge on any atom is 0.257 e. The zero-order valence-corrected chi connectivity index (χ0v) is 10.0. The van der Waals surface area contributed by atoms with Crippen molar-refractivity contribution in [3.63, 3.8) is 0 Å². The van der Waals surface area contributed by atoms with Gasteiger partial charge in [0.1, 0.15) is 5.76 Å². The first-order chi connectivity index (χ1) is 8.09. The molecule has 1 amide bonds. The number of carbonyl (C=O) groups is 1. The minimum Gasteiger partial charge on any atom is -0.361 e. The Morgan fingerprint density at radius 2 is 2.29 bits per heavy atom. The van der Waals surface area contributed by atoms with Gasteiger partial charge in [0.05, 0.1) is 24.0 Å². The molecular formula is C11H14N4O2. The molecule has 0 spiro atoms. The van der Waals surface area contributed by atoms with E-state index in [4.69, 9.17) is 4.52 Å². The standard InChI is InChI=1S/C11H14N4O2/c1-7-10(8(2)17-14-7)6-15(3)11(16)9-4-12-13-5-9/h4-5H,6H2,1-3H3,(H,12,13). The van der Waals surface area contributed by atoms with E-state index in [1.54, 1.807) is 18.1 Å². The van der Waals surface area contributed by atoms with E-state index in [1.807, 2.05) is 13.8 Å². The van der Waals surface area contributed by atoms with Crippen molar-refractivity contribution in [3.05, 3.63) is 35.0 Å². The van der Waals surface area contributed by atoms with Crippen molar-refractivity contribution in [2.24, 2.45) is 0 Å². The van der Waals surface area contributed by atoms with Gasteiger partial charge >= 0.3 is 0 Å². The average Bonchev–Trinajstić information content (AvgIpc) is 2.93. The number of nitrogens with zero attached hydrogens (tertiary/aromatic N) is 3. The van der Waals surface area contributed by atoms with Crippen molar-refractivity contribution in [1.82, 2.24) is 20.3 Å². The number of hydrogen-bond acceptors (Lipinski definition) is 4. The number of amides is 1. The summed E-state index contributed by atoms with van der Waals surface area (Å²) in [5, 5.41) is 10.2. The zero-order chi connectivity index (χ0) is 12.4. The van der Waals surface area contributed by atoms with Gasteiger partial charge in [-0.2, -0.15) is 5.10 Å². The Bertz CT molecular complexity index is 496. The first-order valence-electron chi connectivity index (χ1n) is 5.25. The highest BCUT2D eigenvalue weighted by atomic mass is 16.5. The summed E-state index contributed by atoms with van der Waals surface area (Å²) in [6.07, 6.45) is 3.08. The molecule has 0 unspecified atom stereocenters. The van der Waals surface area contributed by atoms with Crippen molar-refractivity contribution in [2.45, 2.75) is 20.4 Å². The Hall–Kier alpha value is -2.11.